The monoisotopic (exact) mass is 349 g/mol. The molecule has 1 amide bonds. The summed E-state index contributed by atoms with van der Waals surface area (Å²) in [7, 11) is 0. The lowest BCUT2D eigenvalue weighted by Crippen LogP contribution is -2.40. The summed E-state index contributed by atoms with van der Waals surface area (Å²) >= 11 is 1.54. The van der Waals surface area contributed by atoms with Gasteiger partial charge in [-0.25, -0.2) is 4.79 Å². The van der Waals surface area contributed by atoms with E-state index in [2.05, 4.69) is 12.2 Å². The van der Waals surface area contributed by atoms with Gasteiger partial charge in [0.15, 0.2) is 6.10 Å². The predicted molar refractivity (Wildman–Crippen MR) is 95.4 cm³/mol. The van der Waals surface area contributed by atoms with Gasteiger partial charge in [-0.15, -0.1) is 11.3 Å². The molecule has 0 saturated heterocycles. The van der Waals surface area contributed by atoms with E-state index in [4.69, 9.17) is 4.74 Å². The van der Waals surface area contributed by atoms with Crippen molar-refractivity contribution in [2.45, 2.75) is 77.4 Å². The minimum atomic E-state index is -0.736. The summed E-state index contributed by atoms with van der Waals surface area (Å²) in [6.45, 7) is 3.88. The summed E-state index contributed by atoms with van der Waals surface area (Å²) < 4.78 is 5.40. The van der Waals surface area contributed by atoms with Gasteiger partial charge in [0.1, 0.15) is 4.88 Å². The number of amides is 1. The second-order valence-electron chi connectivity index (χ2n) is 7.11. The maximum atomic E-state index is 12.4. The van der Waals surface area contributed by atoms with E-state index in [0.29, 0.717) is 4.88 Å². The van der Waals surface area contributed by atoms with Crippen LogP contribution in [0.25, 0.3) is 0 Å². The van der Waals surface area contributed by atoms with Crippen LogP contribution in [-0.4, -0.2) is 24.0 Å². The molecule has 0 aromatic carbocycles. The van der Waals surface area contributed by atoms with Gasteiger partial charge in [0, 0.05) is 10.9 Å². The lowest BCUT2D eigenvalue weighted by atomic mass is 9.87. The van der Waals surface area contributed by atoms with Gasteiger partial charge >= 0.3 is 5.97 Å². The summed E-state index contributed by atoms with van der Waals surface area (Å²) in [5.74, 6) is 0.186. The normalized spacial score (nSPS) is 22.0. The second-order valence-corrected chi connectivity index (χ2v) is 8.25. The molecule has 2 aliphatic rings. The Labute approximate surface area is 148 Å². The quantitative estimate of drug-likeness (QED) is 0.821. The molecule has 5 heteroatoms. The number of carbonyl (C=O) groups is 2. The van der Waals surface area contributed by atoms with Gasteiger partial charge < -0.3 is 10.1 Å². The molecule has 0 bridgehead atoms. The minimum absolute atomic E-state index is 0.178. The summed E-state index contributed by atoms with van der Waals surface area (Å²) in [6, 6.07) is 2.23. The van der Waals surface area contributed by atoms with Crippen molar-refractivity contribution in [3.8, 4) is 0 Å². The van der Waals surface area contributed by atoms with Crippen LogP contribution < -0.4 is 5.32 Å². The second kappa shape index (κ2) is 7.68. The molecule has 2 atom stereocenters. The summed E-state index contributed by atoms with van der Waals surface area (Å²) in [5.41, 5.74) is 1.30. The standard InChI is InChI=1S/C19H27NO3S/c1-3-13-8-9-16-14(10-13)11-17(24-16)19(22)23-12(2)18(21)20-15-6-4-5-7-15/h11-13,15H,3-10H2,1-2H3,(H,20,21)/t12-,13+/m1/s1. The number of aryl methyl sites for hydroxylation is 1. The molecule has 132 valence electrons. The first-order valence-electron chi connectivity index (χ1n) is 9.19. The summed E-state index contributed by atoms with van der Waals surface area (Å²) in [6.07, 6.45) is 8.17. The molecule has 1 aromatic rings. The number of carbonyl (C=O) groups excluding carboxylic acids is 2. The molecule has 1 N–H and O–H groups in total. The third-order valence-corrected chi connectivity index (χ3v) is 6.54. The van der Waals surface area contributed by atoms with Gasteiger partial charge in [0.05, 0.1) is 0 Å². The zero-order chi connectivity index (χ0) is 17.1. The molecule has 1 aromatic heterocycles. The number of thiophene rings is 1. The first-order chi connectivity index (χ1) is 11.6. The SMILES string of the molecule is CC[C@H]1CCc2sc(C(=O)O[C@H](C)C(=O)NC3CCCC3)cc2C1. The Morgan fingerprint density at radius 2 is 2.08 bits per heavy atom. The van der Waals surface area contributed by atoms with Gasteiger partial charge in [-0.2, -0.15) is 0 Å². The average Bonchev–Trinajstić information content (AvgIpc) is 3.22. The number of hydrogen-bond acceptors (Lipinski definition) is 4. The number of rotatable bonds is 5. The largest absolute Gasteiger partial charge is 0.448 e. The fraction of sp³-hybridized carbons (Fsp3) is 0.684. The Morgan fingerprint density at radius 1 is 1.33 bits per heavy atom. The number of ether oxygens (including phenoxy) is 1. The Balaban J connectivity index is 1.56. The minimum Gasteiger partial charge on any atom is -0.448 e. The van der Waals surface area contributed by atoms with E-state index < -0.39 is 6.10 Å². The number of fused-ring (bicyclic) bond motifs is 1. The highest BCUT2D eigenvalue weighted by molar-refractivity contribution is 7.14. The van der Waals surface area contributed by atoms with E-state index in [0.717, 1.165) is 31.6 Å². The molecule has 1 fully saturated rings. The highest BCUT2D eigenvalue weighted by Gasteiger charge is 2.26. The first kappa shape index (κ1) is 17.5. The van der Waals surface area contributed by atoms with Crippen molar-refractivity contribution in [1.29, 1.82) is 0 Å². The zero-order valence-corrected chi connectivity index (χ0v) is 15.4. The lowest BCUT2D eigenvalue weighted by molar-refractivity contribution is -0.129. The van der Waals surface area contributed by atoms with Crippen LogP contribution in [0.15, 0.2) is 6.07 Å². The maximum absolute atomic E-state index is 12.4. The van der Waals surface area contributed by atoms with Crippen molar-refractivity contribution < 1.29 is 14.3 Å². The Kier molecular flexibility index (Phi) is 5.59. The Hall–Kier alpha value is -1.36. The molecule has 24 heavy (non-hydrogen) atoms. The van der Waals surface area contributed by atoms with Crippen LogP contribution in [-0.2, 0) is 22.4 Å². The number of nitrogens with one attached hydrogen (secondary N) is 1. The number of esters is 1. The smallest absolute Gasteiger partial charge is 0.349 e. The molecule has 0 unspecified atom stereocenters. The van der Waals surface area contributed by atoms with Gasteiger partial charge in [-0.3, -0.25) is 4.79 Å². The highest BCUT2D eigenvalue weighted by atomic mass is 32.1. The van der Waals surface area contributed by atoms with Crippen LogP contribution in [0.2, 0.25) is 0 Å². The average molecular weight is 349 g/mol. The van der Waals surface area contributed by atoms with Gasteiger partial charge in [0.25, 0.3) is 5.91 Å². The molecular formula is C19H27NO3S. The van der Waals surface area contributed by atoms with Crippen LogP contribution in [0.1, 0.15) is 72.5 Å². The molecule has 0 aliphatic heterocycles. The van der Waals surface area contributed by atoms with Crippen molar-refractivity contribution in [2.24, 2.45) is 5.92 Å². The van der Waals surface area contributed by atoms with E-state index >= 15 is 0 Å². The van der Waals surface area contributed by atoms with E-state index in [9.17, 15) is 9.59 Å². The van der Waals surface area contributed by atoms with Crippen LogP contribution in [0.5, 0.6) is 0 Å². The lowest BCUT2D eigenvalue weighted by Gasteiger charge is -2.19. The zero-order valence-electron chi connectivity index (χ0n) is 14.6. The van der Waals surface area contributed by atoms with Crippen molar-refractivity contribution in [3.63, 3.8) is 0 Å². The van der Waals surface area contributed by atoms with Crippen LogP contribution in [0.3, 0.4) is 0 Å². The van der Waals surface area contributed by atoms with Gasteiger partial charge in [0.2, 0.25) is 0 Å². The van der Waals surface area contributed by atoms with Gasteiger partial charge in [-0.05, 0) is 56.6 Å². The van der Waals surface area contributed by atoms with Crippen LogP contribution in [0, 0.1) is 5.92 Å². The third kappa shape index (κ3) is 4.00. The molecule has 1 saturated carbocycles. The van der Waals surface area contributed by atoms with E-state index in [1.54, 1.807) is 6.92 Å². The highest BCUT2D eigenvalue weighted by Crippen LogP contribution is 2.33. The molecule has 0 radical (unpaired) electrons. The summed E-state index contributed by atoms with van der Waals surface area (Å²) in [4.78, 5) is 26.5. The van der Waals surface area contributed by atoms with Crippen molar-refractivity contribution in [3.05, 3.63) is 21.4 Å². The van der Waals surface area contributed by atoms with Crippen molar-refractivity contribution >= 4 is 23.2 Å². The molecule has 0 spiro atoms. The Bertz CT molecular complexity index is 604. The van der Waals surface area contributed by atoms with Crippen molar-refractivity contribution in [1.82, 2.24) is 5.32 Å². The molecule has 3 rings (SSSR count). The van der Waals surface area contributed by atoms with Crippen molar-refractivity contribution in [2.75, 3.05) is 0 Å². The topological polar surface area (TPSA) is 55.4 Å². The Morgan fingerprint density at radius 3 is 2.79 bits per heavy atom. The number of hydrogen-bond donors (Lipinski definition) is 1. The molecule has 1 heterocycles. The third-order valence-electron chi connectivity index (χ3n) is 5.32. The molecular weight excluding hydrogens is 322 g/mol. The van der Waals surface area contributed by atoms with E-state index in [1.807, 2.05) is 6.07 Å². The first-order valence-corrected chi connectivity index (χ1v) is 10.0. The fourth-order valence-electron chi connectivity index (χ4n) is 3.71. The predicted octanol–water partition coefficient (Wildman–Crippen LogP) is 3.87. The van der Waals surface area contributed by atoms with Gasteiger partial charge in [-0.1, -0.05) is 26.2 Å². The van der Waals surface area contributed by atoms with E-state index in [1.165, 1.54) is 47.5 Å². The molecule has 2 aliphatic carbocycles. The van der Waals surface area contributed by atoms with Crippen LogP contribution in [0.4, 0.5) is 0 Å². The summed E-state index contributed by atoms with van der Waals surface area (Å²) in [5, 5.41) is 2.99. The molecule has 4 nitrogen and oxygen atoms in total. The van der Waals surface area contributed by atoms with Crippen LogP contribution >= 0.6 is 11.3 Å². The fourth-order valence-corrected chi connectivity index (χ4v) is 4.80. The maximum Gasteiger partial charge on any atom is 0.349 e. The van der Waals surface area contributed by atoms with E-state index in [-0.39, 0.29) is 17.9 Å².